The molecular weight excluding hydrogens is 316 g/mol. The molecule has 0 aliphatic heterocycles. The summed E-state index contributed by atoms with van der Waals surface area (Å²) in [5, 5.41) is 9.88. The Hall–Kier alpha value is -1.86. The molecule has 23 heavy (non-hydrogen) atoms. The number of benzene rings is 1. The van der Waals surface area contributed by atoms with Gasteiger partial charge < -0.3 is 9.67 Å². The summed E-state index contributed by atoms with van der Waals surface area (Å²) < 4.78 is 29.7. The number of hydrogen-bond donors (Lipinski definition) is 2. The predicted octanol–water partition coefficient (Wildman–Crippen LogP) is 2.26. The van der Waals surface area contributed by atoms with Crippen molar-refractivity contribution in [1.82, 2.24) is 9.29 Å². The SMILES string of the molecule is Cc1c(S(=O)(=O)NC(CC(C)C)C(=O)O)c2ccccc2n1C. The number of carbonyl (C=O) groups is 1. The van der Waals surface area contributed by atoms with Crippen molar-refractivity contribution in [3.05, 3.63) is 30.0 Å². The van der Waals surface area contributed by atoms with Gasteiger partial charge in [0.25, 0.3) is 0 Å². The molecule has 1 aromatic heterocycles. The van der Waals surface area contributed by atoms with Crippen LogP contribution in [0.15, 0.2) is 29.2 Å². The Bertz CT molecular complexity index is 837. The lowest BCUT2D eigenvalue weighted by Crippen LogP contribution is -2.41. The number of aryl methyl sites for hydroxylation is 1. The minimum atomic E-state index is -3.94. The summed E-state index contributed by atoms with van der Waals surface area (Å²) in [5.41, 5.74) is 1.37. The van der Waals surface area contributed by atoms with Crippen LogP contribution < -0.4 is 4.72 Å². The van der Waals surface area contributed by atoms with Gasteiger partial charge in [0, 0.05) is 23.6 Å². The van der Waals surface area contributed by atoms with E-state index in [1.807, 2.05) is 26.0 Å². The second-order valence-electron chi connectivity index (χ2n) is 6.13. The number of hydrogen-bond acceptors (Lipinski definition) is 3. The maximum absolute atomic E-state index is 12.8. The number of sulfonamides is 1. The van der Waals surface area contributed by atoms with Gasteiger partial charge in [-0.15, -0.1) is 0 Å². The molecule has 0 saturated carbocycles. The number of aromatic nitrogens is 1. The summed E-state index contributed by atoms with van der Waals surface area (Å²) in [6.07, 6.45) is 0.235. The first kappa shape index (κ1) is 17.5. The second kappa shape index (κ2) is 6.33. The van der Waals surface area contributed by atoms with Crippen LogP contribution in [0.5, 0.6) is 0 Å². The van der Waals surface area contributed by atoms with Gasteiger partial charge in [-0.1, -0.05) is 32.0 Å². The molecule has 0 spiro atoms. The van der Waals surface area contributed by atoms with Crippen molar-refractivity contribution in [3.8, 4) is 0 Å². The molecule has 1 atom stereocenters. The first-order chi connectivity index (χ1) is 10.6. The van der Waals surface area contributed by atoms with Crippen molar-refractivity contribution in [3.63, 3.8) is 0 Å². The summed E-state index contributed by atoms with van der Waals surface area (Å²) in [4.78, 5) is 11.5. The topological polar surface area (TPSA) is 88.4 Å². The van der Waals surface area contributed by atoms with E-state index >= 15 is 0 Å². The zero-order chi connectivity index (χ0) is 17.4. The van der Waals surface area contributed by atoms with Crippen LogP contribution in [0.25, 0.3) is 10.9 Å². The molecule has 1 aromatic carbocycles. The summed E-state index contributed by atoms with van der Waals surface area (Å²) >= 11 is 0. The first-order valence-corrected chi connectivity index (χ1v) is 8.92. The quantitative estimate of drug-likeness (QED) is 0.845. The molecule has 0 fully saturated rings. The fourth-order valence-corrected chi connectivity index (χ4v) is 4.42. The van der Waals surface area contributed by atoms with Crippen molar-refractivity contribution in [2.24, 2.45) is 13.0 Å². The fraction of sp³-hybridized carbons (Fsp3) is 0.438. The van der Waals surface area contributed by atoms with Crippen LogP contribution in [0.3, 0.4) is 0 Å². The molecular formula is C16H22N2O4S. The summed E-state index contributed by atoms with van der Waals surface area (Å²) in [6, 6.07) is 6.03. The predicted molar refractivity (Wildman–Crippen MR) is 88.9 cm³/mol. The maximum Gasteiger partial charge on any atom is 0.321 e. The van der Waals surface area contributed by atoms with Crippen molar-refractivity contribution in [2.75, 3.05) is 0 Å². The number of carboxylic acids is 1. The van der Waals surface area contributed by atoms with Crippen molar-refractivity contribution >= 4 is 26.9 Å². The molecule has 126 valence electrons. The Balaban J connectivity index is 2.52. The van der Waals surface area contributed by atoms with Gasteiger partial charge in [0.05, 0.1) is 0 Å². The molecule has 0 aliphatic rings. The third-order valence-electron chi connectivity index (χ3n) is 3.91. The van der Waals surface area contributed by atoms with E-state index in [2.05, 4.69) is 4.72 Å². The maximum atomic E-state index is 12.8. The smallest absolute Gasteiger partial charge is 0.321 e. The minimum absolute atomic E-state index is 0.0624. The van der Waals surface area contributed by atoms with E-state index in [9.17, 15) is 18.3 Å². The molecule has 2 aromatic rings. The monoisotopic (exact) mass is 338 g/mol. The highest BCUT2D eigenvalue weighted by atomic mass is 32.2. The molecule has 0 saturated heterocycles. The Morgan fingerprint density at radius 2 is 1.91 bits per heavy atom. The Morgan fingerprint density at radius 3 is 2.48 bits per heavy atom. The van der Waals surface area contributed by atoms with Crippen LogP contribution in [-0.4, -0.2) is 30.1 Å². The molecule has 2 rings (SSSR count). The highest BCUT2D eigenvalue weighted by Crippen LogP contribution is 2.29. The van der Waals surface area contributed by atoms with Gasteiger partial charge in [-0.2, -0.15) is 4.72 Å². The molecule has 0 amide bonds. The number of nitrogens with zero attached hydrogens (tertiary/aromatic N) is 1. The van der Waals surface area contributed by atoms with Crippen molar-refractivity contribution in [2.45, 2.75) is 38.1 Å². The largest absolute Gasteiger partial charge is 0.480 e. The van der Waals surface area contributed by atoms with Crippen LogP contribution in [0.4, 0.5) is 0 Å². The molecule has 2 N–H and O–H groups in total. The van der Waals surface area contributed by atoms with Crippen LogP contribution in [0, 0.1) is 12.8 Å². The third-order valence-corrected chi connectivity index (χ3v) is 5.56. The molecule has 1 heterocycles. The first-order valence-electron chi connectivity index (χ1n) is 7.44. The highest BCUT2D eigenvalue weighted by molar-refractivity contribution is 7.89. The standard InChI is InChI=1S/C16H22N2O4S/c1-10(2)9-13(16(19)20)17-23(21,22)15-11(3)18(4)14-8-6-5-7-12(14)15/h5-8,10,13,17H,9H2,1-4H3,(H,19,20). The fourth-order valence-electron chi connectivity index (χ4n) is 2.74. The molecule has 1 unspecified atom stereocenters. The van der Waals surface area contributed by atoms with E-state index in [0.717, 1.165) is 5.52 Å². The Morgan fingerprint density at radius 1 is 1.30 bits per heavy atom. The van der Waals surface area contributed by atoms with E-state index < -0.39 is 22.0 Å². The number of carboxylic acid groups (broad SMARTS) is 1. The Labute approximate surface area is 136 Å². The number of aliphatic carboxylic acids is 1. The van der Waals surface area contributed by atoms with Crippen LogP contribution in [0.1, 0.15) is 26.0 Å². The lowest BCUT2D eigenvalue weighted by atomic mass is 10.1. The van der Waals surface area contributed by atoms with Crippen molar-refractivity contribution in [1.29, 1.82) is 0 Å². The van der Waals surface area contributed by atoms with Gasteiger partial charge in [-0.05, 0) is 25.3 Å². The summed E-state index contributed by atoms with van der Waals surface area (Å²) in [7, 11) is -2.15. The lowest BCUT2D eigenvalue weighted by Gasteiger charge is -2.17. The molecule has 0 aliphatic carbocycles. The molecule has 0 radical (unpaired) electrons. The van der Waals surface area contributed by atoms with E-state index in [1.165, 1.54) is 0 Å². The van der Waals surface area contributed by atoms with Gasteiger partial charge in [0.1, 0.15) is 10.9 Å². The van der Waals surface area contributed by atoms with E-state index in [0.29, 0.717) is 11.1 Å². The summed E-state index contributed by atoms with van der Waals surface area (Å²) in [5.74, 6) is -1.10. The minimum Gasteiger partial charge on any atom is -0.480 e. The van der Waals surface area contributed by atoms with E-state index in [1.54, 1.807) is 30.7 Å². The van der Waals surface area contributed by atoms with Crippen molar-refractivity contribution < 1.29 is 18.3 Å². The normalized spacial score (nSPS) is 13.6. The molecule has 6 nitrogen and oxygen atoms in total. The molecule has 0 bridgehead atoms. The average molecular weight is 338 g/mol. The zero-order valence-electron chi connectivity index (χ0n) is 13.7. The molecule has 7 heteroatoms. The third kappa shape index (κ3) is 3.40. The second-order valence-corrected chi connectivity index (χ2v) is 7.78. The average Bonchev–Trinajstić information content (AvgIpc) is 2.70. The number of nitrogens with one attached hydrogen (secondary N) is 1. The summed E-state index contributed by atoms with van der Waals surface area (Å²) in [6.45, 7) is 5.42. The zero-order valence-corrected chi connectivity index (χ0v) is 14.5. The van der Waals surface area contributed by atoms with Gasteiger partial charge in [0.15, 0.2) is 0 Å². The van der Waals surface area contributed by atoms with Gasteiger partial charge in [0.2, 0.25) is 10.0 Å². The lowest BCUT2D eigenvalue weighted by molar-refractivity contribution is -0.139. The van der Waals surface area contributed by atoms with E-state index in [-0.39, 0.29) is 17.2 Å². The van der Waals surface area contributed by atoms with Gasteiger partial charge in [-0.3, -0.25) is 4.79 Å². The van der Waals surface area contributed by atoms with Crippen LogP contribution in [0.2, 0.25) is 0 Å². The highest BCUT2D eigenvalue weighted by Gasteiger charge is 2.30. The van der Waals surface area contributed by atoms with E-state index in [4.69, 9.17) is 0 Å². The number of rotatable bonds is 6. The van der Waals surface area contributed by atoms with Gasteiger partial charge >= 0.3 is 5.97 Å². The number of para-hydroxylation sites is 1. The number of fused-ring (bicyclic) bond motifs is 1. The van der Waals surface area contributed by atoms with Gasteiger partial charge in [-0.25, -0.2) is 8.42 Å². The van der Waals surface area contributed by atoms with Crippen LogP contribution >= 0.6 is 0 Å². The van der Waals surface area contributed by atoms with Crippen LogP contribution in [-0.2, 0) is 21.9 Å². The Kier molecular flexibility index (Phi) is 4.81.